The van der Waals surface area contributed by atoms with E-state index in [1.54, 1.807) is 0 Å². The van der Waals surface area contributed by atoms with Gasteiger partial charge in [0.05, 0.1) is 13.0 Å². The van der Waals surface area contributed by atoms with Crippen LogP contribution in [0.15, 0.2) is 6.07 Å². The van der Waals surface area contributed by atoms with Crippen LogP contribution in [0.2, 0.25) is 0 Å². The Labute approximate surface area is 114 Å². The molecule has 0 aliphatic rings. The summed E-state index contributed by atoms with van der Waals surface area (Å²) in [6.45, 7) is 10.8. The Morgan fingerprint density at radius 1 is 1.11 bits per heavy atom. The van der Waals surface area contributed by atoms with Crippen molar-refractivity contribution in [2.45, 2.75) is 41.0 Å². The monoisotopic (exact) mass is 259 g/mol. The molecule has 0 aliphatic carbocycles. The molecule has 19 heavy (non-hydrogen) atoms. The molecule has 2 aromatic rings. The normalized spacial score (nSPS) is 11.0. The highest BCUT2D eigenvalue weighted by atomic mass is 16.5. The van der Waals surface area contributed by atoms with E-state index < -0.39 is 0 Å². The first-order valence-corrected chi connectivity index (χ1v) is 6.69. The largest absolute Gasteiger partial charge is 0.466 e. The minimum absolute atomic E-state index is 0.183. The molecule has 0 bridgehead atoms. The summed E-state index contributed by atoms with van der Waals surface area (Å²) in [6.07, 6.45) is 0.305. The summed E-state index contributed by atoms with van der Waals surface area (Å²) in [5.41, 5.74) is 7.24. The number of hydrogen-bond donors (Lipinski definition) is 1. The number of aryl methyl sites for hydroxylation is 2. The molecular weight excluding hydrogens is 238 g/mol. The van der Waals surface area contributed by atoms with Crippen LogP contribution in [0.25, 0.3) is 10.9 Å². The molecule has 0 aliphatic heterocycles. The molecule has 2 rings (SSSR count). The number of nitrogens with one attached hydrogen (secondary N) is 1. The van der Waals surface area contributed by atoms with E-state index in [9.17, 15) is 4.79 Å². The second-order valence-electron chi connectivity index (χ2n) is 5.07. The van der Waals surface area contributed by atoms with E-state index in [0.29, 0.717) is 13.0 Å². The first kappa shape index (κ1) is 13.7. The number of aromatic amines is 1. The maximum atomic E-state index is 11.6. The lowest BCUT2D eigenvalue weighted by atomic mass is 9.96. The third-order valence-electron chi connectivity index (χ3n) is 3.98. The third kappa shape index (κ3) is 2.37. The maximum absolute atomic E-state index is 11.6. The van der Waals surface area contributed by atoms with Crippen molar-refractivity contribution in [2.75, 3.05) is 6.61 Å². The fourth-order valence-corrected chi connectivity index (χ4v) is 2.52. The van der Waals surface area contributed by atoms with Crippen LogP contribution in [-0.2, 0) is 16.0 Å². The van der Waals surface area contributed by atoms with E-state index in [-0.39, 0.29) is 5.97 Å². The van der Waals surface area contributed by atoms with Gasteiger partial charge < -0.3 is 9.72 Å². The number of ether oxygens (including phenoxy) is 1. The topological polar surface area (TPSA) is 42.1 Å². The molecule has 0 spiro atoms. The molecular formula is C16H21NO2. The molecule has 102 valence electrons. The number of benzene rings is 1. The predicted octanol–water partition coefficient (Wildman–Crippen LogP) is 3.51. The highest BCUT2D eigenvalue weighted by Gasteiger charge is 2.13. The van der Waals surface area contributed by atoms with Crippen LogP contribution in [0.3, 0.4) is 0 Å². The molecule has 1 heterocycles. The van der Waals surface area contributed by atoms with Gasteiger partial charge in [0.2, 0.25) is 0 Å². The molecule has 0 saturated heterocycles. The zero-order valence-corrected chi connectivity index (χ0v) is 12.3. The number of rotatable bonds is 3. The van der Waals surface area contributed by atoms with Crippen molar-refractivity contribution in [3.8, 4) is 0 Å². The van der Waals surface area contributed by atoms with Crippen molar-refractivity contribution in [2.24, 2.45) is 0 Å². The Morgan fingerprint density at radius 2 is 1.74 bits per heavy atom. The van der Waals surface area contributed by atoms with E-state index in [0.717, 1.165) is 11.2 Å². The Hall–Kier alpha value is -1.77. The minimum Gasteiger partial charge on any atom is -0.466 e. The first-order chi connectivity index (χ1) is 8.95. The lowest BCUT2D eigenvalue weighted by Crippen LogP contribution is -2.07. The smallest absolute Gasteiger partial charge is 0.311 e. The molecule has 1 N–H and O–H groups in total. The standard InChI is InChI=1S/C16H21NO2/c1-6-19-15(18)8-13-7-14-11(4)9(2)10(3)12(5)16(14)17-13/h7,17H,6,8H2,1-5H3. The van der Waals surface area contributed by atoms with Crippen molar-refractivity contribution in [1.82, 2.24) is 4.98 Å². The van der Waals surface area contributed by atoms with Crippen LogP contribution < -0.4 is 0 Å². The van der Waals surface area contributed by atoms with Crippen LogP contribution >= 0.6 is 0 Å². The number of esters is 1. The molecule has 0 saturated carbocycles. The van der Waals surface area contributed by atoms with Crippen LogP contribution in [0, 0.1) is 27.7 Å². The Bertz CT molecular complexity index is 593. The molecule has 3 nitrogen and oxygen atoms in total. The Balaban J connectivity index is 2.49. The predicted molar refractivity (Wildman–Crippen MR) is 77.6 cm³/mol. The molecule has 0 unspecified atom stereocenters. The van der Waals surface area contributed by atoms with Gasteiger partial charge >= 0.3 is 5.97 Å². The summed E-state index contributed by atoms with van der Waals surface area (Å²) in [5.74, 6) is -0.183. The Kier molecular flexibility index (Phi) is 3.65. The van der Waals surface area contributed by atoms with Gasteiger partial charge in [0, 0.05) is 16.6 Å². The SMILES string of the molecule is CCOC(=O)Cc1cc2c(C)c(C)c(C)c(C)c2[nH]1. The van der Waals surface area contributed by atoms with Crippen LogP contribution in [0.5, 0.6) is 0 Å². The van der Waals surface area contributed by atoms with E-state index >= 15 is 0 Å². The number of aromatic nitrogens is 1. The molecule has 3 heteroatoms. The zero-order chi connectivity index (χ0) is 14.2. The number of carbonyl (C=O) groups is 1. The summed E-state index contributed by atoms with van der Waals surface area (Å²) in [6, 6.07) is 2.07. The van der Waals surface area contributed by atoms with Crippen molar-refractivity contribution in [3.63, 3.8) is 0 Å². The highest BCUT2D eigenvalue weighted by molar-refractivity contribution is 5.89. The lowest BCUT2D eigenvalue weighted by molar-refractivity contribution is -0.142. The summed E-state index contributed by atoms with van der Waals surface area (Å²) < 4.78 is 4.99. The molecule has 0 fully saturated rings. The van der Waals surface area contributed by atoms with Crippen molar-refractivity contribution in [1.29, 1.82) is 0 Å². The van der Waals surface area contributed by atoms with Gasteiger partial charge in [0.25, 0.3) is 0 Å². The third-order valence-corrected chi connectivity index (χ3v) is 3.98. The zero-order valence-electron chi connectivity index (χ0n) is 12.3. The van der Waals surface area contributed by atoms with E-state index in [1.165, 1.54) is 27.6 Å². The van der Waals surface area contributed by atoms with Crippen LogP contribution in [0.1, 0.15) is 34.9 Å². The summed E-state index contributed by atoms with van der Waals surface area (Å²) in [4.78, 5) is 14.9. The van der Waals surface area contributed by atoms with Crippen molar-refractivity contribution < 1.29 is 9.53 Å². The molecule has 1 aromatic carbocycles. The van der Waals surface area contributed by atoms with Gasteiger partial charge in [0.1, 0.15) is 0 Å². The van der Waals surface area contributed by atoms with Gasteiger partial charge in [-0.15, -0.1) is 0 Å². The van der Waals surface area contributed by atoms with E-state index in [4.69, 9.17) is 4.74 Å². The van der Waals surface area contributed by atoms with Crippen molar-refractivity contribution in [3.05, 3.63) is 34.0 Å². The van der Waals surface area contributed by atoms with Gasteiger partial charge in [-0.1, -0.05) is 0 Å². The highest BCUT2D eigenvalue weighted by Crippen LogP contribution is 2.29. The fraction of sp³-hybridized carbons (Fsp3) is 0.438. The molecule has 0 amide bonds. The number of fused-ring (bicyclic) bond motifs is 1. The minimum atomic E-state index is -0.183. The molecule has 1 aromatic heterocycles. The van der Waals surface area contributed by atoms with E-state index in [2.05, 4.69) is 38.7 Å². The Morgan fingerprint density at radius 3 is 2.37 bits per heavy atom. The summed E-state index contributed by atoms with van der Waals surface area (Å²) in [7, 11) is 0. The van der Waals surface area contributed by atoms with Gasteiger partial charge in [-0.3, -0.25) is 4.79 Å². The van der Waals surface area contributed by atoms with Gasteiger partial charge in [0.15, 0.2) is 0 Å². The second kappa shape index (κ2) is 5.08. The van der Waals surface area contributed by atoms with Gasteiger partial charge in [-0.25, -0.2) is 0 Å². The number of hydrogen-bond acceptors (Lipinski definition) is 2. The molecule has 0 atom stereocenters. The number of carbonyl (C=O) groups excluding carboxylic acids is 1. The maximum Gasteiger partial charge on any atom is 0.311 e. The number of H-pyrrole nitrogens is 1. The average molecular weight is 259 g/mol. The molecule has 0 radical (unpaired) electrons. The summed E-state index contributed by atoms with van der Waals surface area (Å²) in [5, 5.41) is 1.21. The van der Waals surface area contributed by atoms with E-state index in [1.807, 2.05) is 6.92 Å². The van der Waals surface area contributed by atoms with Gasteiger partial charge in [-0.2, -0.15) is 0 Å². The fourth-order valence-electron chi connectivity index (χ4n) is 2.52. The first-order valence-electron chi connectivity index (χ1n) is 6.69. The summed E-state index contributed by atoms with van der Waals surface area (Å²) >= 11 is 0. The van der Waals surface area contributed by atoms with Crippen LogP contribution in [0.4, 0.5) is 0 Å². The second-order valence-corrected chi connectivity index (χ2v) is 5.07. The van der Waals surface area contributed by atoms with Crippen molar-refractivity contribution >= 4 is 16.9 Å². The van der Waals surface area contributed by atoms with Gasteiger partial charge in [-0.05, 0) is 62.9 Å². The average Bonchev–Trinajstić information content (AvgIpc) is 2.78. The van der Waals surface area contributed by atoms with Crippen LogP contribution in [-0.4, -0.2) is 17.6 Å². The lowest BCUT2D eigenvalue weighted by Gasteiger charge is -2.10. The quantitative estimate of drug-likeness (QED) is 0.857.